The molecule has 0 aliphatic heterocycles. The van der Waals surface area contributed by atoms with Crippen LogP contribution in [0.5, 0.6) is 0 Å². The first-order valence-electron chi connectivity index (χ1n) is 33.4. The summed E-state index contributed by atoms with van der Waals surface area (Å²) in [6, 6.07) is 0. The van der Waals surface area contributed by atoms with E-state index in [0.717, 1.165) is 109 Å². The zero-order valence-electron chi connectivity index (χ0n) is 51.2. The Bertz CT molecular complexity index is 1420. The fourth-order valence-corrected chi connectivity index (χ4v) is 9.74. The second kappa shape index (κ2) is 65.4. The van der Waals surface area contributed by atoms with Gasteiger partial charge < -0.3 is 14.2 Å². The van der Waals surface area contributed by atoms with Crippen molar-refractivity contribution >= 4 is 17.9 Å². The van der Waals surface area contributed by atoms with Gasteiger partial charge in [-0.15, -0.1) is 0 Å². The lowest BCUT2D eigenvalue weighted by molar-refractivity contribution is -0.167. The van der Waals surface area contributed by atoms with Crippen molar-refractivity contribution in [1.82, 2.24) is 0 Å². The van der Waals surface area contributed by atoms with Crippen LogP contribution in [0.4, 0.5) is 0 Å². The quantitative estimate of drug-likeness (QED) is 0.0261. The second-order valence-electron chi connectivity index (χ2n) is 22.4. The third-order valence-electron chi connectivity index (χ3n) is 14.7. The molecule has 0 heterocycles. The molecule has 0 aliphatic carbocycles. The molecule has 0 spiro atoms. The molecule has 0 bridgehead atoms. The fraction of sp³-hybridized carbons (Fsp3) is 0.789. The number of ether oxygens (including phenoxy) is 3. The smallest absolute Gasteiger partial charge is 0.306 e. The maximum atomic E-state index is 12.9. The van der Waals surface area contributed by atoms with E-state index in [9.17, 15) is 14.4 Å². The highest BCUT2D eigenvalue weighted by molar-refractivity contribution is 5.71. The second-order valence-corrected chi connectivity index (χ2v) is 22.4. The van der Waals surface area contributed by atoms with Gasteiger partial charge in [0.15, 0.2) is 6.10 Å². The standard InChI is InChI=1S/C71H126O6/c1-4-7-10-13-16-19-22-25-28-31-34-35-36-37-38-41-43-46-49-52-55-58-61-64-70(73)76-67-68(77-71(74)65-62-59-56-53-50-47-44-40-33-30-27-24-21-18-15-12-9-6-3)66-75-69(72)63-60-57-54-51-48-45-42-39-32-29-26-23-20-17-14-11-8-5-2/h7,10,16,19,25,28,34-35,37-38,43,46,68H,4-6,8-9,11-15,17-18,20-24,26-27,29-33,36,39-42,44-45,47-67H2,1-3H3/b10-7-,19-16-,28-25-,35-34-,38-37-,46-43-. The van der Waals surface area contributed by atoms with Gasteiger partial charge in [0, 0.05) is 19.3 Å². The molecule has 0 amide bonds. The molecular formula is C71H126O6. The van der Waals surface area contributed by atoms with Crippen LogP contribution in [0.2, 0.25) is 0 Å². The molecule has 1 atom stereocenters. The van der Waals surface area contributed by atoms with E-state index in [-0.39, 0.29) is 31.1 Å². The van der Waals surface area contributed by atoms with E-state index in [1.54, 1.807) is 0 Å². The van der Waals surface area contributed by atoms with Crippen LogP contribution in [-0.4, -0.2) is 37.2 Å². The van der Waals surface area contributed by atoms with Gasteiger partial charge in [0.05, 0.1) is 0 Å². The van der Waals surface area contributed by atoms with Gasteiger partial charge in [0.25, 0.3) is 0 Å². The minimum absolute atomic E-state index is 0.0787. The van der Waals surface area contributed by atoms with Gasteiger partial charge in [0.1, 0.15) is 13.2 Å². The first kappa shape index (κ1) is 73.8. The Kier molecular flexibility index (Phi) is 62.7. The summed E-state index contributed by atoms with van der Waals surface area (Å²) in [7, 11) is 0. The summed E-state index contributed by atoms with van der Waals surface area (Å²) >= 11 is 0. The summed E-state index contributed by atoms with van der Waals surface area (Å²) in [6.07, 6.45) is 84.8. The molecule has 0 N–H and O–H groups in total. The highest BCUT2D eigenvalue weighted by Gasteiger charge is 2.19. The highest BCUT2D eigenvalue weighted by Crippen LogP contribution is 2.18. The van der Waals surface area contributed by atoms with E-state index >= 15 is 0 Å². The molecule has 0 saturated carbocycles. The Hall–Kier alpha value is -3.15. The number of unbranched alkanes of at least 4 members (excludes halogenated alkanes) is 38. The lowest BCUT2D eigenvalue weighted by Crippen LogP contribution is -2.30. The third-order valence-corrected chi connectivity index (χ3v) is 14.7. The van der Waals surface area contributed by atoms with Crippen LogP contribution in [0.25, 0.3) is 0 Å². The average Bonchev–Trinajstić information content (AvgIpc) is 3.43. The van der Waals surface area contributed by atoms with Gasteiger partial charge in [0.2, 0.25) is 0 Å². The Morgan fingerprint density at radius 2 is 0.506 bits per heavy atom. The van der Waals surface area contributed by atoms with Crippen molar-refractivity contribution in [3.8, 4) is 0 Å². The van der Waals surface area contributed by atoms with Gasteiger partial charge in [-0.2, -0.15) is 0 Å². The van der Waals surface area contributed by atoms with Crippen LogP contribution < -0.4 is 0 Å². The van der Waals surface area contributed by atoms with Gasteiger partial charge in [-0.1, -0.05) is 325 Å². The molecule has 6 heteroatoms. The maximum absolute atomic E-state index is 12.9. The summed E-state index contributed by atoms with van der Waals surface area (Å²) in [5.74, 6) is -0.882. The first-order valence-corrected chi connectivity index (χ1v) is 33.4. The summed E-state index contributed by atoms with van der Waals surface area (Å²) in [5, 5.41) is 0. The van der Waals surface area contributed by atoms with Crippen molar-refractivity contribution in [2.75, 3.05) is 13.2 Å². The largest absolute Gasteiger partial charge is 0.462 e. The lowest BCUT2D eigenvalue weighted by atomic mass is 10.0. The van der Waals surface area contributed by atoms with E-state index in [0.29, 0.717) is 19.3 Å². The predicted octanol–water partition coefficient (Wildman–Crippen LogP) is 22.9. The Morgan fingerprint density at radius 3 is 0.792 bits per heavy atom. The first-order chi connectivity index (χ1) is 38.0. The van der Waals surface area contributed by atoms with Crippen molar-refractivity contribution in [3.63, 3.8) is 0 Å². The SMILES string of the molecule is CC/C=C\C/C=C\C/C=C\C/C=C\C/C=C\C/C=C\CCCCCCC(=O)OCC(COC(=O)CCCCCCCCCCCCCCCCCCCC)OC(=O)CCCCCCCCCCCCCCCCCCCC. The lowest BCUT2D eigenvalue weighted by Gasteiger charge is -2.18. The number of rotatable bonds is 61. The molecule has 446 valence electrons. The summed E-state index contributed by atoms with van der Waals surface area (Å²) in [6.45, 7) is 6.57. The molecule has 0 saturated heterocycles. The zero-order chi connectivity index (χ0) is 55.7. The molecule has 77 heavy (non-hydrogen) atoms. The molecule has 0 aliphatic rings. The van der Waals surface area contributed by atoms with Gasteiger partial charge in [-0.25, -0.2) is 0 Å². The summed E-state index contributed by atoms with van der Waals surface area (Å²) in [4.78, 5) is 38.4. The Balaban J connectivity index is 4.39. The van der Waals surface area contributed by atoms with Crippen molar-refractivity contribution in [2.45, 2.75) is 348 Å². The number of carbonyl (C=O) groups is 3. The van der Waals surface area contributed by atoms with E-state index in [1.807, 2.05) is 0 Å². The minimum Gasteiger partial charge on any atom is -0.462 e. The van der Waals surface area contributed by atoms with Gasteiger partial charge >= 0.3 is 17.9 Å². The van der Waals surface area contributed by atoms with Crippen LogP contribution >= 0.6 is 0 Å². The molecule has 6 nitrogen and oxygen atoms in total. The fourth-order valence-electron chi connectivity index (χ4n) is 9.74. The summed E-state index contributed by atoms with van der Waals surface area (Å²) < 4.78 is 17.0. The van der Waals surface area contributed by atoms with E-state index in [4.69, 9.17) is 14.2 Å². The molecule has 0 aromatic rings. The van der Waals surface area contributed by atoms with Crippen LogP contribution in [0.3, 0.4) is 0 Å². The van der Waals surface area contributed by atoms with Gasteiger partial charge in [-0.3, -0.25) is 14.4 Å². The Labute approximate surface area is 478 Å². The summed E-state index contributed by atoms with van der Waals surface area (Å²) in [5.41, 5.74) is 0. The molecule has 0 rings (SSSR count). The molecule has 1 unspecified atom stereocenters. The van der Waals surface area contributed by atoms with Crippen LogP contribution in [0.15, 0.2) is 72.9 Å². The van der Waals surface area contributed by atoms with Gasteiger partial charge in [-0.05, 0) is 70.6 Å². The van der Waals surface area contributed by atoms with Crippen molar-refractivity contribution < 1.29 is 28.6 Å². The monoisotopic (exact) mass is 1070 g/mol. The number of hydrogen-bond acceptors (Lipinski definition) is 6. The third kappa shape index (κ3) is 63.6. The normalized spacial score (nSPS) is 12.5. The van der Waals surface area contributed by atoms with E-state index < -0.39 is 6.10 Å². The number of hydrogen-bond donors (Lipinski definition) is 0. The topological polar surface area (TPSA) is 78.9 Å². The predicted molar refractivity (Wildman–Crippen MR) is 335 cm³/mol. The van der Waals surface area contributed by atoms with Crippen molar-refractivity contribution in [1.29, 1.82) is 0 Å². The highest BCUT2D eigenvalue weighted by atomic mass is 16.6. The molecule has 0 aromatic heterocycles. The molecule has 0 fully saturated rings. The van der Waals surface area contributed by atoms with Crippen LogP contribution in [0, 0.1) is 0 Å². The van der Waals surface area contributed by atoms with Crippen molar-refractivity contribution in [2.24, 2.45) is 0 Å². The number of carbonyl (C=O) groups excluding carboxylic acids is 3. The molecular weight excluding hydrogens is 949 g/mol. The zero-order valence-corrected chi connectivity index (χ0v) is 51.2. The van der Waals surface area contributed by atoms with E-state index in [1.165, 1.54) is 193 Å². The number of allylic oxidation sites excluding steroid dienone is 12. The van der Waals surface area contributed by atoms with E-state index in [2.05, 4.69) is 93.7 Å². The molecule has 0 radical (unpaired) electrons. The average molecular weight is 1080 g/mol. The number of esters is 3. The van der Waals surface area contributed by atoms with Crippen molar-refractivity contribution in [3.05, 3.63) is 72.9 Å². The van der Waals surface area contributed by atoms with Crippen LogP contribution in [-0.2, 0) is 28.6 Å². The maximum Gasteiger partial charge on any atom is 0.306 e. The Morgan fingerprint density at radius 1 is 0.273 bits per heavy atom. The molecule has 0 aromatic carbocycles. The minimum atomic E-state index is -0.785. The van der Waals surface area contributed by atoms with Crippen LogP contribution in [0.1, 0.15) is 342 Å².